The van der Waals surface area contributed by atoms with Crippen LogP contribution < -0.4 is 9.64 Å². The molecule has 0 bridgehead atoms. The quantitative estimate of drug-likeness (QED) is 0.751. The van der Waals surface area contributed by atoms with Gasteiger partial charge in [-0.3, -0.25) is 9.78 Å². The number of nitrogens with zero attached hydrogens (tertiary/aromatic N) is 3. The fraction of sp³-hybridized carbons (Fsp3) is 0.154. The smallest absolute Gasteiger partial charge is 0.151 e. The number of hydrogen-bond donors (Lipinski definition) is 0. The summed E-state index contributed by atoms with van der Waals surface area (Å²) in [5.41, 5.74) is 1.52. The van der Waals surface area contributed by atoms with Crippen LogP contribution in [0.1, 0.15) is 10.4 Å². The number of fused-ring (bicyclic) bond motifs is 1. The number of hydrogen-bond acceptors (Lipinski definition) is 5. The number of aromatic nitrogens is 2. The van der Waals surface area contributed by atoms with Crippen molar-refractivity contribution in [2.24, 2.45) is 0 Å². The number of anilines is 2. The number of carbonyl (C=O) groups excluding carboxylic acids is 1. The molecule has 0 aliphatic carbocycles. The Morgan fingerprint density at radius 2 is 2.28 bits per heavy atom. The molecule has 0 saturated carbocycles. The molecular formula is C13H11N3O2. The molecule has 0 atom stereocenters. The number of carbonyl (C=O) groups is 1. The normalized spacial score (nSPS) is 13.7. The van der Waals surface area contributed by atoms with E-state index in [0.717, 1.165) is 17.8 Å². The minimum absolute atomic E-state index is 0.561. The Balaban J connectivity index is 2.05. The lowest BCUT2D eigenvalue weighted by atomic mass is 10.1. The molecule has 18 heavy (non-hydrogen) atoms. The van der Waals surface area contributed by atoms with Crippen LogP contribution in [0.4, 0.5) is 11.5 Å². The van der Waals surface area contributed by atoms with Crippen LogP contribution in [0.15, 0.2) is 36.8 Å². The zero-order valence-corrected chi connectivity index (χ0v) is 9.61. The van der Waals surface area contributed by atoms with Gasteiger partial charge < -0.3 is 9.64 Å². The molecule has 2 aromatic rings. The van der Waals surface area contributed by atoms with Crippen LogP contribution >= 0.6 is 0 Å². The molecule has 1 aromatic carbocycles. The van der Waals surface area contributed by atoms with Crippen molar-refractivity contribution in [1.29, 1.82) is 0 Å². The highest BCUT2D eigenvalue weighted by atomic mass is 16.5. The number of rotatable bonds is 2. The standard InChI is InChI=1S/C13H11N3O2/c17-9-10-1-2-11-12(7-10)18-6-5-16(11)13-8-14-3-4-15-13/h1-4,7-9H,5-6H2. The molecule has 0 radical (unpaired) electrons. The largest absolute Gasteiger partial charge is 0.490 e. The summed E-state index contributed by atoms with van der Waals surface area (Å²) >= 11 is 0. The highest BCUT2D eigenvalue weighted by molar-refractivity contribution is 5.79. The monoisotopic (exact) mass is 241 g/mol. The van der Waals surface area contributed by atoms with E-state index in [1.807, 2.05) is 11.0 Å². The predicted molar refractivity (Wildman–Crippen MR) is 66.4 cm³/mol. The summed E-state index contributed by atoms with van der Waals surface area (Å²) in [5.74, 6) is 1.48. The van der Waals surface area contributed by atoms with Crippen LogP contribution in [0, 0.1) is 0 Å². The molecule has 0 spiro atoms. The molecule has 0 saturated heterocycles. The van der Waals surface area contributed by atoms with Crippen LogP contribution in [0.25, 0.3) is 0 Å². The van der Waals surface area contributed by atoms with Gasteiger partial charge in [-0.2, -0.15) is 0 Å². The van der Waals surface area contributed by atoms with Crippen molar-refractivity contribution in [3.63, 3.8) is 0 Å². The van der Waals surface area contributed by atoms with Crippen molar-refractivity contribution in [2.75, 3.05) is 18.1 Å². The Morgan fingerprint density at radius 1 is 1.33 bits per heavy atom. The Morgan fingerprint density at radius 3 is 3.06 bits per heavy atom. The Bertz CT molecular complexity index is 572. The highest BCUT2D eigenvalue weighted by Crippen LogP contribution is 2.35. The van der Waals surface area contributed by atoms with Gasteiger partial charge in [0.25, 0.3) is 0 Å². The molecule has 3 rings (SSSR count). The second kappa shape index (κ2) is 4.44. The summed E-state index contributed by atoms with van der Waals surface area (Å²) in [6, 6.07) is 5.38. The fourth-order valence-corrected chi connectivity index (χ4v) is 1.98. The van der Waals surface area contributed by atoms with E-state index in [1.54, 1.807) is 30.7 Å². The van der Waals surface area contributed by atoms with Crippen LogP contribution in [0.3, 0.4) is 0 Å². The van der Waals surface area contributed by atoms with Crippen LogP contribution in [-0.4, -0.2) is 29.4 Å². The summed E-state index contributed by atoms with van der Waals surface area (Å²) < 4.78 is 5.57. The first-order chi connectivity index (χ1) is 8.88. The molecule has 1 aliphatic heterocycles. The molecule has 5 nitrogen and oxygen atoms in total. The summed E-state index contributed by atoms with van der Waals surface area (Å²) in [4.78, 5) is 21.1. The van der Waals surface area contributed by atoms with Crippen molar-refractivity contribution < 1.29 is 9.53 Å². The lowest BCUT2D eigenvalue weighted by molar-refractivity contribution is 0.112. The number of aldehydes is 1. The first-order valence-electron chi connectivity index (χ1n) is 5.64. The third-order valence-electron chi connectivity index (χ3n) is 2.81. The van der Waals surface area contributed by atoms with Crippen LogP contribution in [0.2, 0.25) is 0 Å². The lowest BCUT2D eigenvalue weighted by Crippen LogP contribution is -2.29. The third-order valence-corrected chi connectivity index (χ3v) is 2.81. The molecule has 90 valence electrons. The van der Waals surface area contributed by atoms with Gasteiger partial charge in [0.05, 0.1) is 18.4 Å². The fourth-order valence-electron chi connectivity index (χ4n) is 1.98. The van der Waals surface area contributed by atoms with Gasteiger partial charge in [-0.05, 0) is 18.2 Å². The van der Waals surface area contributed by atoms with E-state index >= 15 is 0 Å². The molecule has 2 heterocycles. The van der Waals surface area contributed by atoms with Gasteiger partial charge >= 0.3 is 0 Å². The second-order valence-electron chi connectivity index (χ2n) is 3.91. The Labute approximate surface area is 104 Å². The lowest BCUT2D eigenvalue weighted by Gasteiger charge is -2.30. The zero-order valence-electron chi connectivity index (χ0n) is 9.61. The minimum Gasteiger partial charge on any atom is -0.490 e. The van der Waals surface area contributed by atoms with Gasteiger partial charge in [0.15, 0.2) is 5.82 Å². The minimum atomic E-state index is 0.561. The molecule has 0 N–H and O–H groups in total. The van der Waals surface area contributed by atoms with Gasteiger partial charge in [0, 0.05) is 18.0 Å². The number of ether oxygens (including phenoxy) is 1. The summed E-state index contributed by atoms with van der Waals surface area (Å²) in [6.45, 7) is 1.28. The van der Waals surface area contributed by atoms with E-state index in [1.165, 1.54) is 0 Å². The van der Waals surface area contributed by atoms with Gasteiger partial charge in [0.2, 0.25) is 0 Å². The highest BCUT2D eigenvalue weighted by Gasteiger charge is 2.20. The average molecular weight is 241 g/mol. The number of benzene rings is 1. The van der Waals surface area contributed by atoms with E-state index in [9.17, 15) is 4.79 Å². The van der Waals surface area contributed by atoms with Gasteiger partial charge in [-0.25, -0.2) is 4.98 Å². The second-order valence-corrected chi connectivity index (χ2v) is 3.91. The first-order valence-corrected chi connectivity index (χ1v) is 5.64. The maximum absolute atomic E-state index is 10.8. The zero-order chi connectivity index (χ0) is 12.4. The molecule has 0 fully saturated rings. The Kier molecular flexibility index (Phi) is 2.64. The van der Waals surface area contributed by atoms with Crippen LogP contribution in [-0.2, 0) is 0 Å². The van der Waals surface area contributed by atoms with Gasteiger partial charge in [-0.15, -0.1) is 0 Å². The van der Waals surface area contributed by atoms with Crippen molar-refractivity contribution in [3.05, 3.63) is 42.4 Å². The molecule has 0 amide bonds. The van der Waals surface area contributed by atoms with E-state index < -0.39 is 0 Å². The molecule has 1 aromatic heterocycles. The molecule has 1 aliphatic rings. The van der Waals surface area contributed by atoms with Crippen molar-refractivity contribution in [3.8, 4) is 5.75 Å². The maximum atomic E-state index is 10.8. The van der Waals surface area contributed by atoms with Crippen LogP contribution in [0.5, 0.6) is 5.75 Å². The summed E-state index contributed by atoms with van der Waals surface area (Å²) in [6.07, 6.45) is 5.82. The summed E-state index contributed by atoms with van der Waals surface area (Å²) in [5, 5.41) is 0. The van der Waals surface area contributed by atoms with Gasteiger partial charge in [-0.1, -0.05) is 0 Å². The van der Waals surface area contributed by atoms with E-state index in [4.69, 9.17) is 4.74 Å². The van der Waals surface area contributed by atoms with E-state index in [0.29, 0.717) is 24.5 Å². The topological polar surface area (TPSA) is 55.3 Å². The summed E-state index contributed by atoms with van der Waals surface area (Å²) in [7, 11) is 0. The van der Waals surface area contributed by atoms with E-state index in [-0.39, 0.29) is 0 Å². The third kappa shape index (κ3) is 1.79. The van der Waals surface area contributed by atoms with Crippen molar-refractivity contribution in [2.45, 2.75) is 0 Å². The SMILES string of the molecule is O=Cc1ccc2c(c1)OCCN2c1cnccn1. The van der Waals surface area contributed by atoms with E-state index in [2.05, 4.69) is 9.97 Å². The molecular weight excluding hydrogens is 230 g/mol. The molecule has 0 unspecified atom stereocenters. The van der Waals surface area contributed by atoms with Crippen molar-refractivity contribution in [1.82, 2.24) is 9.97 Å². The van der Waals surface area contributed by atoms with Gasteiger partial charge in [0.1, 0.15) is 18.6 Å². The average Bonchev–Trinajstić information content (AvgIpc) is 2.47. The predicted octanol–water partition coefficient (Wildman–Crippen LogP) is 1.82. The first kappa shape index (κ1) is 10.7. The molecule has 5 heteroatoms. The Hall–Kier alpha value is -2.43. The maximum Gasteiger partial charge on any atom is 0.151 e. The van der Waals surface area contributed by atoms with Crippen molar-refractivity contribution >= 4 is 17.8 Å².